The first-order chi connectivity index (χ1) is 10.5. The largest absolute Gasteiger partial charge is 0.352 e. The molecule has 0 saturated carbocycles. The average Bonchev–Trinajstić information content (AvgIpc) is 2.51. The van der Waals surface area contributed by atoms with Gasteiger partial charge in [-0.3, -0.25) is 9.59 Å². The van der Waals surface area contributed by atoms with E-state index < -0.39 is 0 Å². The summed E-state index contributed by atoms with van der Waals surface area (Å²) < 4.78 is 13.0. The highest BCUT2D eigenvalue weighted by Gasteiger charge is 2.05. The van der Waals surface area contributed by atoms with Gasteiger partial charge in [-0.1, -0.05) is 24.3 Å². The highest BCUT2D eigenvalue weighted by atomic mass is 19.1. The Morgan fingerprint density at radius 3 is 2.27 bits per heavy atom. The number of hydrogen-bond acceptors (Lipinski definition) is 2. The van der Waals surface area contributed by atoms with Gasteiger partial charge in [0, 0.05) is 25.6 Å². The lowest BCUT2D eigenvalue weighted by Gasteiger charge is -2.07. The van der Waals surface area contributed by atoms with Crippen molar-refractivity contribution < 1.29 is 14.0 Å². The maximum atomic E-state index is 13.0. The van der Waals surface area contributed by atoms with Crippen LogP contribution < -0.4 is 10.6 Å². The van der Waals surface area contributed by atoms with E-state index in [4.69, 9.17) is 0 Å². The van der Waals surface area contributed by atoms with Gasteiger partial charge in [-0.25, -0.2) is 4.39 Å². The minimum atomic E-state index is -0.325. The number of amides is 2. The summed E-state index contributed by atoms with van der Waals surface area (Å²) in [6, 6.07) is 13.1. The summed E-state index contributed by atoms with van der Waals surface area (Å²) >= 11 is 0. The van der Waals surface area contributed by atoms with Gasteiger partial charge in [0.25, 0.3) is 5.91 Å². The van der Waals surface area contributed by atoms with Gasteiger partial charge in [-0.05, 0) is 35.4 Å². The van der Waals surface area contributed by atoms with Crippen molar-refractivity contribution in [2.45, 2.75) is 20.0 Å². The zero-order valence-electron chi connectivity index (χ0n) is 12.2. The zero-order chi connectivity index (χ0) is 15.9. The molecule has 0 bridgehead atoms. The van der Waals surface area contributed by atoms with Crippen LogP contribution in [0.1, 0.15) is 28.4 Å². The first-order valence-corrected chi connectivity index (χ1v) is 6.90. The van der Waals surface area contributed by atoms with Crippen LogP contribution in [0, 0.1) is 5.82 Å². The maximum absolute atomic E-state index is 13.0. The van der Waals surface area contributed by atoms with E-state index in [-0.39, 0.29) is 24.2 Å². The summed E-state index contributed by atoms with van der Waals surface area (Å²) in [5, 5.41) is 5.42. The Kier molecular flexibility index (Phi) is 5.25. The van der Waals surface area contributed by atoms with Gasteiger partial charge < -0.3 is 10.6 Å². The molecule has 0 atom stereocenters. The van der Waals surface area contributed by atoms with Crippen LogP contribution in [0.5, 0.6) is 0 Å². The summed E-state index contributed by atoms with van der Waals surface area (Å²) in [4.78, 5) is 22.8. The number of halogens is 1. The molecule has 2 aromatic rings. The highest BCUT2D eigenvalue weighted by molar-refractivity contribution is 5.94. The lowest BCUT2D eigenvalue weighted by atomic mass is 10.1. The molecule has 2 N–H and O–H groups in total. The molecule has 0 radical (unpaired) electrons. The van der Waals surface area contributed by atoms with Crippen LogP contribution in [-0.4, -0.2) is 11.8 Å². The van der Waals surface area contributed by atoms with Gasteiger partial charge in [0.05, 0.1) is 0 Å². The summed E-state index contributed by atoms with van der Waals surface area (Å²) in [6.07, 6.45) is 0. The van der Waals surface area contributed by atoms with Gasteiger partial charge >= 0.3 is 0 Å². The van der Waals surface area contributed by atoms with Crippen LogP contribution in [-0.2, 0) is 17.9 Å². The van der Waals surface area contributed by atoms with E-state index in [2.05, 4.69) is 10.6 Å². The van der Waals surface area contributed by atoms with Gasteiger partial charge in [-0.15, -0.1) is 0 Å². The summed E-state index contributed by atoms with van der Waals surface area (Å²) in [6.45, 7) is 2.15. The smallest absolute Gasteiger partial charge is 0.251 e. The fourth-order valence-corrected chi connectivity index (χ4v) is 1.93. The van der Waals surface area contributed by atoms with E-state index in [0.29, 0.717) is 17.7 Å². The molecule has 0 heterocycles. The van der Waals surface area contributed by atoms with Gasteiger partial charge in [0.1, 0.15) is 5.82 Å². The van der Waals surface area contributed by atoms with E-state index in [1.165, 1.54) is 19.1 Å². The number of nitrogens with one attached hydrogen (secondary N) is 2. The number of rotatable bonds is 5. The first-order valence-electron chi connectivity index (χ1n) is 6.90. The van der Waals surface area contributed by atoms with Crippen molar-refractivity contribution in [1.82, 2.24) is 10.6 Å². The molecule has 0 unspecified atom stereocenters. The van der Waals surface area contributed by atoms with Crippen molar-refractivity contribution in [3.63, 3.8) is 0 Å². The Morgan fingerprint density at radius 1 is 0.955 bits per heavy atom. The minimum absolute atomic E-state index is 0.100. The predicted molar refractivity (Wildman–Crippen MR) is 81.5 cm³/mol. The Balaban J connectivity index is 1.91. The standard InChI is InChI=1S/C17H17FN2O2/c1-12(21)19-10-13-5-7-15(8-6-13)17(22)20-11-14-3-2-4-16(18)9-14/h2-9H,10-11H2,1H3,(H,19,21)(H,20,22). The third-order valence-corrected chi connectivity index (χ3v) is 3.10. The molecule has 0 fully saturated rings. The predicted octanol–water partition coefficient (Wildman–Crippen LogP) is 2.39. The van der Waals surface area contributed by atoms with Crippen molar-refractivity contribution in [3.8, 4) is 0 Å². The second-order valence-electron chi connectivity index (χ2n) is 4.92. The van der Waals surface area contributed by atoms with Gasteiger partial charge in [-0.2, -0.15) is 0 Å². The third-order valence-electron chi connectivity index (χ3n) is 3.10. The highest BCUT2D eigenvalue weighted by Crippen LogP contribution is 2.06. The SMILES string of the molecule is CC(=O)NCc1ccc(C(=O)NCc2cccc(F)c2)cc1. The molecular weight excluding hydrogens is 283 g/mol. The van der Waals surface area contributed by atoms with E-state index in [9.17, 15) is 14.0 Å². The normalized spacial score (nSPS) is 10.1. The lowest BCUT2D eigenvalue weighted by Crippen LogP contribution is -2.23. The molecular formula is C17H17FN2O2. The summed E-state index contributed by atoms with van der Waals surface area (Å²) in [5.74, 6) is -0.652. The molecule has 0 aliphatic heterocycles. The van der Waals surface area contributed by atoms with Crippen LogP contribution in [0.4, 0.5) is 4.39 Å². The van der Waals surface area contributed by atoms with Crippen molar-refractivity contribution in [3.05, 3.63) is 71.0 Å². The van der Waals surface area contributed by atoms with Crippen LogP contribution in [0.15, 0.2) is 48.5 Å². The maximum Gasteiger partial charge on any atom is 0.251 e. The topological polar surface area (TPSA) is 58.2 Å². The number of hydrogen-bond donors (Lipinski definition) is 2. The summed E-state index contributed by atoms with van der Waals surface area (Å²) in [7, 11) is 0. The van der Waals surface area contributed by atoms with Crippen LogP contribution >= 0.6 is 0 Å². The quantitative estimate of drug-likeness (QED) is 0.891. The monoisotopic (exact) mass is 300 g/mol. The molecule has 2 amide bonds. The number of carbonyl (C=O) groups excluding carboxylic acids is 2. The molecule has 5 heteroatoms. The molecule has 0 aliphatic rings. The fraction of sp³-hybridized carbons (Fsp3) is 0.176. The molecule has 22 heavy (non-hydrogen) atoms. The molecule has 0 aromatic heterocycles. The van der Waals surface area contributed by atoms with Crippen molar-refractivity contribution in [1.29, 1.82) is 0 Å². The number of carbonyl (C=O) groups is 2. The van der Waals surface area contributed by atoms with Crippen molar-refractivity contribution in [2.75, 3.05) is 0 Å². The van der Waals surface area contributed by atoms with Crippen LogP contribution in [0.2, 0.25) is 0 Å². The lowest BCUT2D eigenvalue weighted by molar-refractivity contribution is -0.119. The Labute approximate surface area is 128 Å². The molecule has 0 aliphatic carbocycles. The van der Waals surface area contributed by atoms with Crippen molar-refractivity contribution >= 4 is 11.8 Å². The first kappa shape index (κ1) is 15.7. The Morgan fingerprint density at radius 2 is 1.64 bits per heavy atom. The van der Waals surface area contributed by atoms with Gasteiger partial charge in [0.2, 0.25) is 5.91 Å². The molecule has 114 valence electrons. The number of benzene rings is 2. The Hall–Kier alpha value is -2.69. The summed E-state index contributed by atoms with van der Waals surface area (Å²) in [5.41, 5.74) is 2.13. The fourth-order valence-electron chi connectivity index (χ4n) is 1.93. The second kappa shape index (κ2) is 7.36. The van der Waals surface area contributed by atoms with E-state index in [1.54, 1.807) is 36.4 Å². The molecule has 4 nitrogen and oxygen atoms in total. The van der Waals surface area contributed by atoms with E-state index in [0.717, 1.165) is 5.56 Å². The van der Waals surface area contributed by atoms with Crippen LogP contribution in [0.3, 0.4) is 0 Å². The molecule has 0 saturated heterocycles. The van der Waals surface area contributed by atoms with Crippen molar-refractivity contribution in [2.24, 2.45) is 0 Å². The Bertz CT molecular complexity index is 669. The van der Waals surface area contributed by atoms with E-state index >= 15 is 0 Å². The van der Waals surface area contributed by atoms with E-state index in [1.807, 2.05) is 0 Å². The average molecular weight is 300 g/mol. The zero-order valence-corrected chi connectivity index (χ0v) is 12.2. The van der Waals surface area contributed by atoms with Gasteiger partial charge in [0.15, 0.2) is 0 Å². The van der Waals surface area contributed by atoms with Crippen LogP contribution in [0.25, 0.3) is 0 Å². The third kappa shape index (κ3) is 4.70. The minimum Gasteiger partial charge on any atom is -0.352 e. The molecule has 2 aromatic carbocycles. The molecule has 0 spiro atoms. The second-order valence-corrected chi connectivity index (χ2v) is 4.92. The molecule has 2 rings (SSSR count).